The van der Waals surface area contributed by atoms with E-state index in [0.717, 1.165) is 51.8 Å². The van der Waals surface area contributed by atoms with Gasteiger partial charge in [0, 0.05) is 43.3 Å². The average Bonchev–Trinajstić information content (AvgIpc) is 3.38. The topological polar surface area (TPSA) is 90.7 Å². The van der Waals surface area contributed by atoms with Crippen LogP contribution in [0.2, 0.25) is 0 Å². The van der Waals surface area contributed by atoms with Crippen LogP contribution in [0.3, 0.4) is 0 Å². The highest BCUT2D eigenvalue weighted by Gasteiger charge is 2.28. The van der Waals surface area contributed by atoms with Crippen molar-refractivity contribution >= 4 is 22.7 Å². The fraction of sp³-hybridized carbons (Fsp3) is 0.324. The Morgan fingerprint density at radius 1 is 0.913 bits per heavy atom. The summed E-state index contributed by atoms with van der Waals surface area (Å²) in [7, 11) is 1.94. The maximum absolute atomic E-state index is 12.7. The molecule has 1 aliphatic heterocycles. The number of benzene rings is 3. The number of aryl methyl sites for hydroxylation is 1. The van der Waals surface area contributed by atoms with Crippen molar-refractivity contribution in [1.82, 2.24) is 19.7 Å². The second kappa shape index (κ2) is 13.5. The maximum Gasteiger partial charge on any atom is 0.410 e. The van der Waals surface area contributed by atoms with Gasteiger partial charge in [0.25, 0.3) is 0 Å². The Morgan fingerprint density at radius 2 is 1.61 bits per heavy atom. The minimum absolute atomic E-state index is 0.122. The van der Waals surface area contributed by atoms with E-state index in [0.29, 0.717) is 38.1 Å². The van der Waals surface area contributed by atoms with Gasteiger partial charge >= 0.3 is 6.09 Å². The molecule has 238 valence electrons. The summed E-state index contributed by atoms with van der Waals surface area (Å²) in [6.45, 7) is 7.75. The molecule has 0 spiro atoms. The monoisotopic (exact) mass is 619 g/mol. The normalized spacial score (nSPS) is 15.0. The summed E-state index contributed by atoms with van der Waals surface area (Å²) in [5.41, 5.74) is 5.10. The van der Waals surface area contributed by atoms with Crippen molar-refractivity contribution in [3.8, 4) is 23.0 Å². The first-order valence-electron chi connectivity index (χ1n) is 15.8. The van der Waals surface area contributed by atoms with Crippen molar-refractivity contribution in [3.05, 3.63) is 102 Å². The largest absolute Gasteiger partial charge is 0.473 e. The molecule has 0 saturated carbocycles. The molecule has 1 amide bonds. The van der Waals surface area contributed by atoms with Crippen LogP contribution in [-0.4, -0.2) is 50.5 Å². The van der Waals surface area contributed by atoms with Gasteiger partial charge in [0.05, 0.1) is 11.1 Å². The molecule has 0 radical (unpaired) electrons. The van der Waals surface area contributed by atoms with E-state index in [1.165, 1.54) is 0 Å². The molecule has 0 bridgehead atoms. The molecule has 5 aromatic rings. The van der Waals surface area contributed by atoms with Crippen LogP contribution < -0.4 is 14.8 Å². The number of ether oxygens (including phenoxy) is 3. The number of nitrogens with one attached hydrogen (secondary N) is 1. The summed E-state index contributed by atoms with van der Waals surface area (Å²) in [5, 5.41) is 9.54. The van der Waals surface area contributed by atoms with Crippen LogP contribution in [0.1, 0.15) is 44.7 Å². The zero-order chi connectivity index (χ0) is 32.1. The second-order valence-electron chi connectivity index (χ2n) is 12.7. The molecule has 0 unspecified atom stereocenters. The molecule has 9 nitrogen and oxygen atoms in total. The molecule has 3 aromatic carbocycles. The van der Waals surface area contributed by atoms with E-state index in [9.17, 15) is 4.79 Å². The van der Waals surface area contributed by atoms with Gasteiger partial charge in [-0.2, -0.15) is 10.1 Å². The number of amides is 1. The Morgan fingerprint density at radius 3 is 2.30 bits per heavy atom. The Balaban J connectivity index is 1.24. The lowest BCUT2D eigenvalue weighted by Crippen LogP contribution is -2.46. The van der Waals surface area contributed by atoms with Gasteiger partial charge in [0.15, 0.2) is 0 Å². The highest BCUT2D eigenvalue weighted by Crippen LogP contribution is 2.36. The van der Waals surface area contributed by atoms with Gasteiger partial charge in [-0.1, -0.05) is 60.7 Å². The molecular formula is C37H41N5O4. The quantitative estimate of drug-likeness (QED) is 0.182. The number of hydrogen-bond acceptors (Lipinski definition) is 7. The molecule has 1 aliphatic rings. The standard InChI is InChI=1S/C37H41N5O4/c1-37(2,3)46-36(43)42-21-11-16-29(23-42)38-28-17-18-30-32(22-28)41(4)40-34(30)31-19-20-33(44-24-26-12-7-5-8-13-26)39-35(31)45-25-27-14-9-6-10-15-27/h5-10,12-15,17-20,22,29,38H,11,16,21,23-25H2,1-4H3/t29-/m1/s1. The van der Waals surface area contributed by atoms with Gasteiger partial charge in [0.2, 0.25) is 11.8 Å². The van der Waals surface area contributed by atoms with Crippen LogP contribution >= 0.6 is 0 Å². The molecular weight excluding hydrogens is 578 g/mol. The SMILES string of the molecule is Cn1nc(-c2ccc(OCc3ccccc3)nc2OCc2ccccc2)c2ccc(N[C@@H]3CCCN(C(=O)OC(C)(C)C)C3)cc21. The number of aromatic nitrogens is 3. The lowest BCUT2D eigenvalue weighted by Gasteiger charge is -2.34. The van der Waals surface area contributed by atoms with E-state index in [4.69, 9.17) is 24.3 Å². The summed E-state index contributed by atoms with van der Waals surface area (Å²) >= 11 is 0. The van der Waals surface area contributed by atoms with Gasteiger partial charge < -0.3 is 24.4 Å². The van der Waals surface area contributed by atoms with Crippen LogP contribution in [0.5, 0.6) is 11.8 Å². The number of anilines is 1. The summed E-state index contributed by atoms with van der Waals surface area (Å²) < 4.78 is 19.9. The third-order valence-corrected chi connectivity index (χ3v) is 7.83. The second-order valence-corrected chi connectivity index (χ2v) is 12.7. The fourth-order valence-corrected chi connectivity index (χ4v) is 5.62. The van der Waals surface area contributed by atoms with Crippen molar-refractivity contribution in [2.75, 3.05) is 18.4 Å². The number of piperidine rings is 1. The first-order valence-corrected chi connectivity index (χ1v) is 15.8. The van der Waals surface area contributed by atoms with E-state index >= 15 is 0 Å². The van der Waals surface area contributed by atoms with Crippen molar-refractivity contribution in [1.29, 1.82) is 0 Å². The average molecular weight is 620 g/mol. The molecule has 6 rings (SSSR count). The van der Waals surface area contributed by atoms with Gasteiger partial charge in [0.1, 0.15) is 24.5 Å². The molecule has 1 N–H and O–H groups in total. The highest BCUT2D eigenvalue weighted by atomic mass is 16.6. The van der Waals surface area contributed by atoms with Gasteiger partial charge in [-0.05, 0) is 69.0 Å². The van der Waals surface area contributed by atoms with Crippen molar-refractivity contribution in [3.63, 3.8) is 0 Å². The van der Waals surface area contributed by atoms with Crippen LogP contribution in [-0.2, 0) is 25.0 Å². The minimum atomic E-state index is -0.517. The van der Waals surface area contributed by atoms with Crippen molar-refractivity contribution in [2.24, 2.45) is 7.05 Å². The van der Waals surface area contributed by atoms with Crippen LogP contribution in [0, 0.1) is 0 Å². The van der Waals surface area contributed by atoms with Crippen molar-refractivity contribution in [2.45, 2.75) is 58.5 Å². The van der Waals surface area contributed by atoms with Crippen molar-refractivity contribution < 1.29 is 19.0 Å². The number of hydrogen-bond donors (Lipinski definition) is 1. The fourth-order valence-electron chi connectivity index (χ4n) is 5.62. The first kappa shape index (κ1) is 31.0. The van der Waals surface area contributed by atoms with Gasteiger partial charge in [-0.15, -0.1) is 0 Å². The zero-order valence-electron chi connectivity index (χ0n) is 26.9. The van der Waals surface area contributed by atoms with E-state index < -0.39 is 5.60 Å². The van der Waals surface area contributed by atoms with Crippen LogP contribution in [0.15, 0.2) is 91.0 Å². The molecule has 1 saturated heterocycles. The number of carbonyl (C=O) groups excluding carboxylic acids is 1. The van der Waals surface area contributed by atoms with Crippen LogP contribution in [0.4, 0.5) is 10.5 Å². The lowest BCUT2D eigenvalue weighted by atomic mass is 10.0. The molecule has 1 atom stereocenters. The third kappa shape index (κ3) is 7.59. The number of rotatable bonds is 9. The molecule has 46 heavy (non-hydrogen) atoms. The maximum atomic E-state index is 12.7. The summed E-state index contributed by atoms with van der Waals surface area (Å²) in [4.78, 5) is 19.3. The minimum Gasteiger partial charge on any atom is -0.473 e. The summed E-state index contributed by atoms with van der Waals surface area (Å²) in [6, 6.07) is 30.2. The Hall–Kier alpha value is -5.05. The zero-order valence-corrected chi connectivity index (χ0v) is 26.9. The number of fused-ring (bicyclic) bond motifs is 1. The predicted octanol–water partition coefficient (Wildman–Crippen LogP) is 7.60. The third-order valence-electron chi connectivity index (χ3n) is 7.83. The number of nitrogens with zero attached hydrogens (tertiary/aromatic N) is 4. The Bertz CT molecular complexity index is 1780. The van der Waals surface area contributed by atoms with E-state index in [-0.39, 0.29) is 12.1 Å². The highest BCUT2D eigenvalue weighted by molar-refractivity contribution is 5.96. The summed E-state index contributed by atoms with van der Waals surface area (Å²) in [5.74, 6) is 0.941. The molecule has 9 heteroatoms. The predicted molar refractivity (Wildman–Crippen MR) is 180 cm³/mol. The number of carbonyl (C=O) groups is 1. The molecule has 3 heterocycles. The molecule has 2 aromatic heterocycles. The first-order chi connectivity index (χ1) is 22.2. The molecule has 1 fully saturated rings. The van der Waals surface area contributed by atoms with Gasteiger partial charge in [-0.3, -0.25) is 4.68 Å². The Kier molecular flexibility index (Phi) is 9.10. The lowest BCUT2D eigenvalue weighted by molar-refractivity contribution is 0.0206. The van der Waals surface area contributed by atoms with E-state index in [2.05, 4.69) is 23.5 Å². The summed E-state index contributed by atoms with van der Waals surface area (Å²) in [6.07, 6.45) is 1.63. The van der Waals surface area contributed by atoms with Crippen LogP contribution in [0.25, 0.3) is 22.2 Å². The molecule has 0 aliphatic carbocycles. The number of likely N-dealkylation sites (tertiary alicyclic amines) is 1. The van der Waals surface area contributed by atoms with E-state index in [1.54, 1.807) is 4.90 Å². The smallest absolute Gasteiger partial charge is 0.410 e. The number of pyridine rings is 1. The van der Waals surface area contributed by atoms with Gasteiger partial charge in [-0.25, -0.2) is 4.79 Å². The Labute approximate surface area is 270 Å². The van der Waals surface area contributed by atoms with E-state index in [1.807, 2.05) is 105 Å².